The lowest BCUT2D eigenvalue weighted by Crippen LogP contribution is -2.14. The van der Waals surface area contributed by atoms with Gasteiger partial charge in [0.15, 0.2) is 0 Å². The first-order valence-electron chi connectivity index (χ1n) is 5.57. The predicted octanol–water partition coefficient (Wildman–Crippen LogP) is 1.37. The Bertz CT molecular complexity index is 365. The molecule has 7 heteroatoms. The summed E-state index contributed by atoms with van der Waals surface area (Å²) in [6.45, 7) is 8.57. The average molecular weight is 258 g/mol. The van der Waals surface area contributed by atoms with Gasteiger partial charge in [-0.05, 0) is 30.2 Å². The van der Waals surface area contributed by atoms with E-state index in [1.54, 1.807) is 4.68 Å². The molecule has 0 spiro atoms. The number of carbonyl (C=O) groups excluding carboxylic acids is 1. The molecule has 0 unspecified atom stereocenters. The summed E-state index contributed by atoms with van der Waals surface area (Å²) in [4.78, 5) is 11.4. The van der Waals surface area contributed by atoms with E-state index in [4.69, 9.17) is 4.74 Å². The highest BCUT2D eigenvalue weighted by molar-refractivity contribution is 7.99. The van der Waals surface area contributed by atoms with Gasteiger partial charge in [-0.3, -0.25) is 4.79 Å². The van der Waals surface area contributed by atoms with Gasteiger partial charge in [0.25, 0.3) is 0 Å². The van der Waals surface area contributed by atoms with E-state index in [-0.39, 0.29) is 17.8 Å². The van der Waals surface area contributed by atoms with E-state index < -0.39 is 0 Å². The summed E-state index contributed by atoms with van der Waals surface area (Å²) in [6, 6.07) is 0. The highest BCUT2D eigenvalue weighted by Gasteiger charge is 2.12. The molecule has 0 aliphatic carbocycles. The van der Waals surface area contributed by atoms with Crippen LogP contribution in [-0.4, -0.2) is 38.0 Å². The van der Waals surface area contributed by atoms with Crippen molar-refractivity contribution in [2.45, 2.75) is 45.5 Å². The largest absolute Gasteiger partial charge is 0.462 e. The average Bonchev–Trinajstić information content (AvgIpc) is 2.60. The van der Waals surface area contributed by atoms with Crippen molar-refractivity contribution in [2.75, 3.05) is 5.75 Å². The number of ether oxygens (including phenoxy) is 1. The van der Waals surface area contributed by atoms with Crippen LogP contribution in [0.15, 0.2) is 5.16 Å². The molecule has 96 valence electrons. The van der Waals surface area contributed by atoms with Crippen LogP contribution >= 0.6 is 11.8 Å². The maximum atomic E-state index is 11.4. The van der Waals surface area contributed by atoms with Crippen molar-refractivity contribution < 1.29 is 9.53 Å². The molecule has 1 aromatic rings. The lowest BCUT2D eigenvalue weighted by atomic mass is 10.2. The molecule has 0 saturated carbocycles. The minimum absolute atomic E-state index is 0.0882. The third-order valence-corrected chi connectivity index (χ3v) is 2.65. The second-order valence-corrected chi connectivity index (χ2v) is 5.31. The van der Waals surface area contributed by atoms with E-state index in [0.29, 0.717) is 11.1 Å². The maximum absolute atomic E-state index is 11.4. The quantitative estimate of drug-likeness (QED) is 0.567. The Hall–Kier alpha value is -1.11. The van der Waals surface area contributed by atoms with Crippen LogP contribution in [0.3, 0.4) is 0 Å². The minimum atomic E-state index is -0.246. The SMILES string of the molecule is CC(C)Cn1nnnc1SCC(=O)OC(C)C. The Balaban J connectivity index is 2.46. The molecular weight excluding hydrogens is 240 g/mol. The lowest BCUT2D eigenvalue weighted by molar-refractivity contribution is -0.144. The fourth-order valence-electron chi connectivity index (χ4n) is 1.18. The van der Waals surface area contributed by atoms with Crippen LogP contribution in [0.2, 0.25) is 0 Å². The molecule has 1 heterocycles. The molecule has 0 aromatic carbocycles. The van der Waals surface area contributed by atoms with Crippen LogP contribution in [-0.2, 0) is 16.1 Å². The minimum Gasteiger partial charge on any atom is -0.462 e. The van der Waals surface area contributed by atoms with E-state index in [0.717, 1.165) is 6.54 Å². The van der Waals surface area contributed by atoms with Crippen LogP contribution in [0.25, 0.3) is 0 Å². The standard InChI is InChI=1S/C10H18N4O2S/c1-7(2)5-14-10(11-12-13-14)17-6-9(15)16-8(3)4/h7-8H,5-6H2,1-4H3. The fourth-order valence-corrected chi connectivity index (χ4v) is 1.85. The third-order valence-electron chi connectivity index (χ3n) is 1.72. The van der Waals surface area contributed by atoms with Crippen molar-refractivity contribution in [1.29, 1.82) is 0 Å². The van der Waals surface area contributed by atoms with E-state index in [2.05, 4.69) is 29.4 Å². The number of nitrogens with zero attached hydrogens (tertiary/aromatic N) is 4. The molecule has 1 rings (SSSR count). The van der Waals surface area contributed by atoms with Gasteiger partial charge in [0.1, 0.15) is 0 Å². The lowest BCUT2D eigenvalue weighted by Gasteiger charge is -2.08. The summed E-state index contributed by atoms with van der Waals surface area (Å²) >= 11 is 1.30. The van der Waals surface area contributed by atoms with Crippen molar-refractivity contribution in [1.82, 2.24) is 20.2 Å². The summed E-state index contributed by atoms with van der Waals surface area (Å²) in [7, 11) is 0. The topological polar surface area (TPSA) is 69.9 Å². The predicted molar refractivity (Wildman–Crippen MR) is 64.6 cm³/mol. The first kappa shape index (κ1) is 14.0. The Morgan fingerprint density at radius 1 is 1.41 bits per heavy atom. The van der Waals surface area contributed by atoms with Crippen LogP contribution in [0.1, 0.15) is 27.7 Å². The third kappa shape index (κ3) is 5.16. The molecule has 0 amide bonds. The summed E-state index contributed by atoms with van der Waals surface area (Å²) in [5.74, 6) is 0.445. The highest BCUT2D eigenvalue weighted by atomic mass is 32.2. The van der Waals surface area contributed by atoms with Gasteiger partial charge in [0.05, 0.1) is 11.9 Å². The van der Waals surface area contributed by atoms with Crippen molar-refractivity contribution >= 4 is 17.7 Å². The van der Waals surface area contributed by atoms with Gasteiger partial charge in [-0.25, -0.2) is 4.68 Å². The normalized spacial score (nSPS) is 11.2. The van der Waals surface area contributed by atoms with Gasteiger partial charge in [-0.2, -0.15) is 0 Å². The summed E-state index contributed by atoms with van der Waals surface area (Å²) in [5.41, 5.74) is 0. The highest BCUT2D eigenvalue weighted by Crippen LogP contribution is 2.15. The van der Waals surface area contributed by atoms with Crippen molar-refractivity contribution in [3.05, 3.63) is 0 Å². The Morgan fingerprint density at radius 3 is 2.71 bits per heavy atom. The van der Waals surface area contributed by atoms with Crippen molar-refractivity contribution in [2.24, 2.45) is 5.92 Å². The Labute approximate surface area is 105 Å². The molecule has 0 radical (unpaired) electrons. The van der Waals surface area contributed by atoms with E-state index in [1.165, 1.54) is 11.8 Å². The first-order valence-corrected chi connectivity index (χ1v) is 6.56. The number of thioether (sulfide) groups is 1. The zero-order valence-electron chi connectivity index (χ0n) is 10.6. The monoisotopic (exact) mass is 258 g/mol. The van der Waals surface area contributed by atoms with Gasteiger partial charge >= 0.3 is 5.97 Å². The number of tetrazole rings is 1. The molecule has 0 aliphatic heterocycles. The van der Waals surface area contributed by atoms with Crippen LogP contribution < -0.4 is 0 Å². The number of aromatic nitrogens is 4. The number of esters is 1. The molecule has 17 heavy (non-hydrogen) atoms. The van der Waals surface area contributed by atoms with Crippen molar-refractivity contribution in [3.8, 4) is 0 Å². The number of hydrogen-bond donors (Lipinski definition) is 0. The smallest absolute Gasteiger partial charge is 0.316 e. The fraction of sp³-hybridized carbons (Fsp3) is 0.800. The number of carbonyl (C=O) groups is 1. The first-order chi connectivity index (χ1) is 7.99. The zero-order valence-corrected chi connectivity index (χ0v) is 11.4. The van der Waals surface area contributed by atoms with Gasteiger partial charge < -0.3 is 4.74 Å². The van der Waals surface area contributed by atoms with Crippen LogP contribution in [0.5, 0.6) is 0 Å². The second-order valence-electron chi connectivity index (χ2n) is 4.36. The zero-order chi connectivity index (χ0) is 12.8. The van der Waals surface area contributed by atoms with E-state index in [9.17, 15) is 4.79 Å². The molecule has 0 aliphatic rings. The number of rotatable bonds is 6. The summed E-state index contributed by atoms with van der Waals surface area (Å²) in [5, 5.41) is 12.0. The molecule has 0 N–H and O–H groups in total. The molecule has 1 aromatic heterocycles. The van der Waals surface area contributed by atoms with Gasteiger partial charge in [-0.15, -0.1) is 5.10 Å². The molecule has 0 atom stereocenters. The second kappa shape index (κ2) is 6.58. The van der Waals surface area contributed by atoms with Gasteiger partial charge in [-0.1, -0.05) is 25.6 Å². The summed E-state index contributed by atoms with van der Waals surface area (Å²) in [6.07, 6.45) is -0.0882. The molecule has 0 saturated heterocycles. The van der Waals surface area contributed by atoms with Crippen LogP contribution in [0, 0.1) is 5.92 Å². The van der Waals surface area contributed by atoms with Gasteiger partial charge in [0.2, 0.25) is 5.16 Å². The van der Waals surface area contributed by atoms with E-state index >= 15 is 0 Å². The maximum Gasteiger partial charge on any atom is 0.316 e. The number of hydrogen-bond acceptors (Lipinski definition) is 6. The van der Waals surface area contributed by atoms with Gasteiger partial charge in [0, 0.05) is 6.54 Å². The molecule has 0 fully saturated rings. The molecule has 0 bridgehead atoms. The van der Waals surface area contributed by atoms with E-state index in [1.807, 2.05) is 13.8 Å². The Kier molecular flexibility index (Phi) is 5.40. The Morgan fingerprint density at radius 2 is 2.12 bits per heavy atom. The molecular formula is C10H18N4O2S. The van der Waals surface area contributed by atoms with Crippen LogP contribution in [0.4, 0.5) is 0 Å². The van der Waals surface area contributed by atoms with Crippen molar-refractivity contribution in [3.63, 3.8) is 0 Å². The molecule has 6 nitrogen and oxygen atoms in total. The summed E-state index contributed by atoms with van der Waals surface area (Å²) < 4.78 is 6.74.